The number of urea groups is 1. The zero-order valence-electron chi connectivity index (χ0n) is 12.4. The van der Waals surface area contributed by atoms with E-state index < -0.39 is 30.6 Å². The van der Waals surface area contributed by atoms with Crippen LogP contribution < -0.4 is 5.32 Å². The van der Waals surface area contributed by atoms with Crippen LogP contribution in [0.5, 0.6) is 0 Å². The van der Waals surface area contributed by atoms with Crippen molar-refractivity contribution in [1.82, 2.24) is 14.7 Å². The average molecular weight is 334 g/mol. The van der Waals surface area contributed by atoms with Crippen molar-refractivity contribution in [3.05, 3.63) is 12.3 Å². The Morgan fingerprint density at radius 3 is 2.74 bits per heavy atom. The summed E-state index contributed by atoms with van der Waals surface area (Å²) in [7, 11) is 0. The molecule has 2 rings (SSSR count). The van der Waals surface area contributed by atoms with Gasteiger partial charge in [-0.25, -0.2) is 4.79 Å². The highest BCUT2D eigenvalue weighted by Gasteiger charge is 2.32. The highest BCUT2D eigenvalue weighted by Crippen LogP contribution is 2.22. The topological polar surface area (TPSA) is 87.5 Å². The summed E-state index contributed by atoms with van der Waals surface area (Å²) in [6.45, 7) is 1.05. The number of aliphatic carboxylic acids is 1. The van der Waals surface area contributed by atoms with Gasteiger partial charge >= 0.3 is 18.2 Å². The molecule has 128 valence electrons. The molecule has 0 spiro atoms. The van der Waals surface area contributed by atoms with E-state index >= 15 is 0 Å². The molecule has 0 aromatic carbocycles. The van der Waals surface area contributed by atoms with Crippen LogP contribution in [0.2, 0.25) is 0 Å². The molecule has 0 radical (unpaired) electrons. The van der Waals surface area contributed by atoms with E-state index in [1.54, 1.807) is 0 Å². The highest BCUT2D eigenvalue weighted by molar-refractivity contribution is 5.88. The first-order valence-corrected chi connectivity index (χ1v) is 7.03. The number of likely N-dealkylation sites (tertiary alicyclic amines) is 1. The molecule has 0 aliphatic carbocycles. The van der Waals surface area contributed by atoms with Crippen LogP contribution >= 0.6 is 0 Å². The van der Waals surface area contributed by atoms with Crippen LogP contribution in [0.4, 0.5) is 23.8 Å². The van der Waals surface area contributed by atoms with Crippen LogP contribution in [0.1, 0.15) is 13.3 Å². The van der Waals surface area contributed by atoms with E-state index in [0.717, 1.165) is 6.20 Å². The van der Waals surface area contributed by atoms with Crippen LogP contribution in [-0.2, 0) is 11.3 Å². The lowest BCUT2D eigenvalue weighted by molar-refractivity contribution is -0.144. The number of anilines is 1. The van der Waals surface area contributed by atoms with Crippen molar-refractivity contribution in [3.8, 4) is 0 Å². The predicted molar refractivity (Wildman–Crippen MR) is 73.8 cm³/mol. The summed E-state index contributed by atoms with van der Waals surface area (Å²) in [5.74, 6) is -1.60. The van der Waals surface area contributed by atoms with Gasteiger partial charge in [-0.2, -0.15) is 18.3 Å². The number of rotatable bonds is 3. The van der Waals surface area contributed by atoms with Crippen molar-refractivity contribution in [2.24, 2.45) is 11.8 Å². The number of nitrogens with zero attached hydrogens (tertiary/aromatic N) is 3. The Kier molecular flexibility index (Phi) is 4.81. The first kappa shape index (κ1) is 17.1. The molecule has 1 aliphatic rings. The molecule has 1 aromatic heterocycles. The summed E-state index contributed by atoms with van der Waals surface area (Å²) < 4.78 is 37.4. The van der Waals surface area contributed by atoms with E-state index in [1.807, 2.05) is 6.92 Å². The first-order chi connectivity index (χ1) is 10.6. The normalized spacial score (nSPS) is 22.0. The summed E-state index contributed by atoms with van der Waals surface area (Å²) >= 11 is 0. The van der Waals surface area contributed by atoms with E-state index in [4.69, 9.17) is 5.11 Å². The van der Waals surface area contributed by atoms with Crippen molar-refractivity contribution in [1.29, 1.82) is 0 Å². The maximum absolute atomic E-state index is 12.3. The quantitative estimate of drug-likeness (QED) is 0.885. The number of carboxylic acid groups (broad SMARTS) is 1. The fourth-order valence-corrected chi connectivity index (χ4v) is 2.59. The second kappa shape index (κ2) is 6.47. The Bertz CT molecular complexity index is 587. The van der Waals surface area contributed by atoms with E-state index in [-0.39, 0.29) is 18.3 Å². The number of alkyl halides is 3. The number of hydrogen-bond donors (Lipinski definition) is 2. The smallest absolute Gasteiger partial charge is 0.408 e. The molecule has 2 atom stereocenters. The molecule has 1 aromatic rings. The molecule has 1 fully saturated rings. The third-order valence-corrected chi connectivity index (χ3v) is 3.51. The Morgan fingerprint density at radius 2 is 2.13 bits per heavy atom. The number of carbonyl (C=O) groups is 2. The molecular formula is C13H17F3N4O3. The summed E-state index contributed by atoms with van der Waals surface area (Å²) in [6.07, 6.45) is -2.80. The summed E-state index contributed by atoms with van der Waals surface area (Å²) in [5, 5.41) is 15.1. The Labute approximate surface area is 130 Å². The number of piperidine rings is 1. The van der Waals surface area contributed by atoms with E-state index in [9.17, 15) is 22.8 Å². The zero-order valence-corrected chi connectivity index (χ0v) is 12.4. The minimum atomic E-state index is -4.40. The van der Waals surface area contributed by atoms with Crippen molar-refractivity contribution < 1.29 is 27.9 Å². The summed E-state index contributed by atoms with van der Waals surface area (Å²) in [5.41, 5.74) is 0. The van der Waals surface area contributed by atoms with Gasteiger partial charge in [0.25, 0.3) is 0 Å². The number of aromatic nitrogens is 2. The first-order valence-electron chi connectivity index (χ1n) is 7.03. The fourth-order valence-electron chi connectivity index (χ4n) is 2.59. The highest BCUT2D eigenvalue weighted by atomic mass is 19.4. The SMILES string of the molecule is CC1CC(C(=O)O)CN(C(=O)Nc2ccn(CC(F)(F)F)n2)C1. The molecule has 23 heavy (non-hydrogen) atoms. The molecule has 1 aliphatic heterocycles. The van der Waals surface area contributed by atoms with Gasteiger partial charge in [0.05, 0.1) is 5.92 Å². The molecule has 2 heterocycles. The number of carboxylic acids is 1. The van der Waals surface area contributed by atoms with Crippen LogP contribution in [-0.4, -0.2) is 51.1 Å². The molecule has 2 N–H and O–H groups in total. The second-order valence-corrected chi connectivity index (χ2v) is 5.72. The number of nitrogens with one attached hydrogen (secondary N) is 1. The Morgan fingerprint density at radius 1 is 1.43 bits per heavy atom. The maximum atomic E-state index is 12.3. The van der Waals surface area contributed by atoms with E-state index in [2.05, 4.69) is 10.4 Å². The average Bonchev–Trinajstić information content (AvgIpc) is 2.82. The summed E-state index contributed by atoms with van der Waals surface area (Å²) in [6, 6.07) is 0.686. The van der Waals surface area contributed by atoms with Gasteiger partial charge in [0.2, 0.25) is 0 Å². The van der Waals surface area contributed by atoms with Gasteiger partial charge in [-0.05, 0) is 12.3 Å². The van der Waals surface area contributed by atoms with Crippen molar-refractivity contribution in [3.63, 3.8) is 0 Å². The molecular weight excluding hydrogens is 317 g/mol. The molecule has 2 unspecified atom stereocenters. The summed E-state index contributed by atoms with van der Waals surface area (Å²) in [4.78, 5) is 24.6. The predicted octanol–water partition coefficient (Wildman–Crippen LogP) is 2.02. The largest absolute Gasteiger partial charge is 0.481 e. The lowest BCUT2D eigenvalue weighted by atomic mass is 9.91. The van der Waals surface area contributed by atoms with E-state index in [0.29, 0.717) is 17.6 Å². The van der Waals surface area contributed by atoms with Gasteiger partial charge in [-0.1, -0.05) is 6.92 Å². The van der Waals surface area contributed by atoms with Crippen molar-refractivity contribution in [2.45, 2.75) is 26.1 Å². The number of halogens is 3. The number of amides is 2. The third kappa shape index (κ3) is 4.86. The third-order valence-electron chi connectivity index (χ3n) is 3.51. The molecule has 7 nitrogen and oxygen atoms in total. The lowest BCUT2D eigenvalue weighted by Crippen LogP contribution is -2.47. The van der Waals surface area contributed by atoms with Crippen LogP contribution in [0.15, 0.2) is 12.3 Å². The number of hydrogen-bond acceptors (Lipinski definition) is 3. The van der Waals surface area contributed by atoms with Gasteiger partial charge < -0.3 is 10.0 Å². The maximum Gasteiger partial charge on any atom is 0.408 e. The van der Waals surface area contributed by atoms with E-state index in [1.165, 1.54) is 11.0 Å². The Hall–Kier alpha value is -2.26. The minimum absolute atomic E-state index is 0.00986. The van der Waals surface area contributed by atoms with Crippen molar-refractivity contribution in [2.75, 3.05) is 18.4 Å². The monoisotopic (exact) mass is 334 g/mol. The fraction of sp³-hybridized carbons (Fsp3) is 0.615. The standard InChI is InChI=1S/C13H17F3N4O3/c1-8-4-9(11(21)22)6-19(5-8)12(23)17-10-2-3-20(18-10)7-13(14,15)16/h2-3,8-9H,4-7H2,1H3,(H,21,22)(H,17,18,23). The van der Waals surface area contributed by atoms with Crippen LogP contribution in [0, 0.1) is 11.8 Å². The molecule has 10 heteroatoms. The molecule has 1 saturated heterocycles. The van der Waals surface area contributed by atoms with Gasteiger partial charge in [0, 0.05) is 25.4 Å². The zero-order chi connectivity index (χ0) is 17.2. The van der Waals surface area contributed by atoms with Gasteiger partial charge in [-0.3, -0.25) is 14.8 Å². The van der Waals surface area contributed by atoms with Crippen LogP contribution in [0.25, 0.3) is 0 Å². The Balaban J connectivity index is 1.97. The van der Waals surface area contributed by atoms with Crippen LogP contribution in [0.3, 0.4) is 0 Å². The van der Waals surface area contributed by atoms with Crippen molar-refractivity contribution >= 4 is 17.8 Å². The molecule has 0 bridgehead atoms. The lowest BCUT2D eigenvalue weighted by Gasteiger charge is -2.34. The minimum Gasteiger partial charge on any atom is -0.481 e. The van der Waals surface area contributed by atoms with Gasteiger partial charge in [0.15, 0.2) is 5.82 Å². The molecule has 2 amide bonds. The molecule has 0 saturated carbocycles. The van der Waals surface area contributed by atoms with Gasteiger partial charge in [0.1, 0.15) is 6.54 Å². The number of carbonyl (C=O) groups excluding carboxylic acids is 1. The second-order valence-electron chi connectivity index (χ2n) is 5.72. The van der Waals surface area contributed by atoms with Gasteiger partial charge in [-0.15, -0.1) is 0 Å².